The van der Waals surface area contributed by atoms with Gasteiger partial charge in [-0.05, 0) is 18.2 Å². The summed E-state index contributed by atoms with van der Waals surface area (Å²) in [5.74, 6) is -0.305. The number of anilines is 1. The number of aryl methyl sites for hydroxylation is 1. The van der Waals surface area contributed by atoms with Gasteiger partial charge in [0.05, 0.1) is 0 Å². The highest BCUT2D eigenvalue weighted by molar-refractivity contribution is 6.03. The Bertz CT molecular complexity index is 521. The van der Waals surface area contributed by atoms with Gasteiger partial charge in [-0.1, -0.05) is 0 Å². The van der Waals surface area contributed by atoms with Gasteiger partial charge in [0.15, 0.2) is 11.6 Å². The molecule has 0 atom stereocenters. The number of carbonyl (C=O) groups excluding carboxylic acids is 1. The van der Waals surface area contributed by atoms with Crippen molar-refractivity contribution in [2.24, 2.45) is 7.05 Å². The Morgan fingerprint density at radius 1 is 1.44 bits per heavy atom. The van der Waals surface area contributed by atoms with Gasteiger partial charge in [0.2, 0.25) is 0 Å². The molecule has 0 bridgehead atoms. The van der Waals surface area contributed by atoms with Gasteiger partial charge in [0.1, 0.15) is 5.69 Å². The summed E-state index contributed by atoms with van der Waals surface area (Å²) < 4.78 is 1.44. The second kappa shape index (κ2) is 4.01. The van der Waals surface area contributed by atoms with Crippen LogP contribution in [0.25, 0.3) is 0 Å². The van der Waals surface area contributed by atoms with Crippen molar-refractivity contribution >= 4 is 11.7 Å². The topological polar surface area (TPSA) is 80.0 Å². The number of amides is 1. The first kappa shape index (κ1) is 10.2. The van der Waals surface area contributed by atoms with E-state index in [-0.39, 0.29) is 17.5 Å². The number of nitrogens with one attached hydrogen (secondary N) is 1. The van der Waals surface area contributed by atoms with E-state index >= 15 is 0 Å². The first-order valence-corrected chi connectivity index (χ1v) is 4.62. The Morgan fingerprint density at radius 3 is 2.88 bits per heavy atom. The zero-order valence-electron chi connectivity index (χ0n) is 8.58. The molecule has 2 N–H and O–H groups in total. The zero-order chi connectivity index (χ0) is 11.5. The van der Waals surface area contributed by atoms with Gasteiger partial charge in [-0.3, -0.25) is 9.48 Å². The summed E-state index contributed by atoms with van der Waals surface area (Å²) in [7, 11) is 1.66. The molecule has 2 aromatic rings. The molecule has 0 saturated carbocycles. The molecule has 0 aliphatic heterocycles. The third-order valence-corrected chi connectivity index (χ3v) is 2.07. The van der Waals surface area contributed by atoms with Crippen molar-refractivity contribution in [2.45, 2.75) is 0 Å². The normalized spacial score (nSPS) is 10.1. The van der Waals surface area contributed by atoms with E-state index in [0.29, 0.717) is 5.69 Å². The predicted molar refractivity (Wildman–Crippen MR) is 57.1 cm³/mol. The van der Waals surface area contributed by atoms with Crippen molar-refractivity contribution in [2.75, 3.05) is 5.32 Å². The maximum atomic E-state index is 11.7. The van der Waals surface area contributed by atoms with E-state index in [1.54, 1.807) is 19.2 Å². The second-order valence-electron chi connectivity index (χ2n) is 3.17. The summed E-state index contributed by atoms with van der Waals surface area (Å²) in [4.78, 5) is 15.6. The molecule has 2 heterocycles. The van der Waals surface area contributed by atoms with Crippen LogP contribution in [-0.2, 0) is 7.05 Å². The van der Waals surface area contributed by atoms with E-state index in [2.05, 4.69) is 15.4 Å². The molecule has 0 saturated heterocycles. The van der Waals surface area contributed by atoms with E-state index in [0.717, 1.165) is 0 Å². The zero-order valence-corrected chi connectivity index (χ0v) is 8.58. The molecule has 82 valence electrons. The highest BCUT2D eigenvalue weighted by Gasteiger charge is 2.12. The number of aromatic nitrogens is 3. The van der Waals surface area contributed by atoms with Crippen LogP contribution >= 0.6 is 0 Å². The molecule has 6 nitrogen and oxygen atoms in total. The quantitative estimate of drug-likeness (QED) is 0.780. The molecule has 16 heavy (non-hydrogen) atoms. The third kappa shape index (κ3) is 1.85. The van der Waals surface area contributed by atoms with Gasteiger partial charge < -0.3 is 10.4 Å². The summed E-state index contributed by atoms with van der Waals surface area (Å²) >= 11 is 0. The van der Waals surface area contributed by atoms with Gasteiger partial charge in [-0.2, -0.15) is 5.10 Å². The fraction of sp³-hybridized carbons (Fsp3) is 0.100. The molecule has 2 aromatic heterocycles. The largest absolute Gasteiger partial charge is 0.504 e. The Morgan fingerprint density at radius 2 is 2.25 bits per heavy atom. The Labute approximate surface area is 91.6 Å². The van der Waals surface area contributed by atoms with Crippen LogP contribution in [0.1, 0.15) is 10.5 Å². The van der Waals surface area contributed by atoms with Gasteiger partial charge >= 0.3 is 0 Å². The van der Waals surface area contributed by atoms with Gasteiger partial charge in [0.25, 0.3) is 5.91 Å². The summed E-state index contributed by atoms with van der Waals surface area (Å²) in [6.07, 6.45) is 3.01. The van der Waals surface area contributed by atoms with Gasteiger partial charge in [-0.15, -0.1) is 0 Å². The lowest BCUT2D eigenvalue weighted by Crippen LogP contribution is -2.16. The Kier molecular flexibility index (Phi) is 2.55. The molecule has 0 unspecified atom stereocenters. The van der Waals surface area contributed by atoms with Crippen molar-refractivity contribution in [3.63, 3.8) is 0 Å². The predicted octanol–water partition coefficient (Wildman–Crippen LogP) is 0.773. The lowest BCUT2D eigenvalue weighted by Gasteiger charge is -2.05. The number of nitrogens with zero attached hydrogens (tertiary/aromatic N) is 3. The smallest absolute Gasteiger partial charge is 0.275 e. The number of pyridine rings is 1. The second-order valence-corrected chi connectivity index (χ2v) is 3.17. The van der Waals surface area contributed by atoms with E-state index < -0.39 is 0 Å². The summed E-state index contributed by atoms with van der Waals surface area (Å²) in [6, 6.07) is 4.61. The van der Waals surface area contributed by atoms with Crippen LogP contribution in [-0.4, -0.2) is 25.8 Å². The molecule has 0 radical (unpaired) electrons. The number of carbonyl (C=O) groups is 1. The highest BCUT2D eigenvalue weighted by atomic mass is 16.3. The maximum Gasteiger partial charge on any atom is 0.275 e. The summed E-state index contributed by atoms with van der Waals surface area (Å²) in [6.45, 7) is 0. The van der Waals surface area contributed by atoms with E-state index in [4.69, 9.17) is 0 Å². The molecule has 0 aliphatic carbocycles. The SMILES string of the molecule is Cn1nccc1C(=O)Nc1ncccc1O. The molecular weight excluding hydrogens is 208 g/mol. The van der Waals surface area contributed by atoms with Crippen molar-refractivity contribution in [3.8, 4) is 5.75 Å². The minimum atomic E-state index is -0.367. The summed E-state index contributed by atoms with van der Waals surface area (Å²) in [5, 5.41) is 15.8. The lowest BCUT2D eigenvalue weighted by atomic mass is 10.3. The molecule has 0 aromatic carbocycles. The highest BCUT2D eigenvalue weighted by Crippen LogP contribution is 2.18. The molecule has 2 rings (SSSR count). The van der Waals surface area contributed by atoms with Crippen LogP contribution in [0.15, 0.2) is 30.6 Å². The molecule has 0 spiro atoms. The Balaban J connectivity index is 2.21. The van der Waals surface area contributed by atoms with Crippen molar-refractivity contribution in [3.05, 3.63) is 36.3 Å². The number of hydrogen-bond acceptors (Lipinski definition) is 4. The van der Waals surface area contributed by atoms with Crippen molar-refractivity contribution < 1.29 is 9.90 Å². The standard InChI is InChI=1S/C10H10N4O2/c1-14-7(4-6-12-14)10(16)13-9-8(15)3-2-5-11-9/h2-6,15H,1H3,(H,11,13,16). The number of aromatic hydroxyl groups is 1. The van der Waals surface area contributed by atoms with Crippen LogP contribution in [0.4, 0.5) is 5.82 Å². The van der Waals surface area contributed by atoms with Crippen molar-refractivity contribution in [1.29, 1.82) is 0 Å². The van der Waals surface area contributed by atoms with Crippen LogP contribution in [0.2, 0.25) is 0 Å². The lowest BCUT2D eigenvalue weighted by molar-refractivity contribution is 0.101. The van der Waals surface area contributed by atoms with E-state index in [1.807, 2.05) is 0 Å². The average molecular weight is 218 g/mol. The maximum absolute atomic E-state index is 11.7. The average Bonchev–Trinajstić information content (AvgIpc) is 2.68. The molecule has 6 heteroatoms. The minimum Gasteiger partial charge on any atom is -0.504 e. The van der Waals surface area contributed by atoms with E-state index in [1.165, 1.54) is 23.1 Å². The number of hydrogen-bond donors (Lipinski definition) is 2. The Hall–Kier alpha value is -2.37. The first-order chi connectivity index (χ1) is 7.68. The van der Waals surface area contributed by atoms with Gasteiger partial charge in [-0.25, -0.2) is 4.98 Å². The van der Waals surface area contributed by atoms with Crippen LogP contribution in [0.3, 0.4) is 0 Å². The number of rotatable bonds is 2. The minimum absolute atomic E-state index is 0.0713. The third-order valence-electron chi connectivity index (χ3n) is 2.07. The molecular formula is C10H10N4O2. The first-order valence-electron chi connectivity index (χ1n) is 4.62. The van der Waals surface area contributed by atoms with Crippen LogP contribution in [0, 0.1) is 0 Å². The molecule has 0 fully saturated rings. The van der Waals surface area contributed by atoms with Crippen LogP contribution in [0.5, 0.6) is 5.75 Å². The monoisotopic (exact) mass is 218 g/mol. The fourth-order valence-corrected chi connectivity index (χ4v) is 1.26. The van der Waals surface area contributed by atoms with E-state index in [9.17, 15) is 9.90 Å². The van der Waals surface area contributed by atoms with Crippen molar-refractivity contribution in [1.82, 2.24) is 14.8 Å². The van der Waals surface area contributed by atoms with Crippen LogP contribution < -0.4 is 5.32 Å². The fourth-order valence-electron chi connectivity index (χ4n) is 1.26. The molecule has 0 aliphatic rings. The van der Waals surface area contributed by atoms with Gasteiger partial charge in [0, 0.05) is 19.4 Å². The molecule has 1 amide bonds. The summed E-state index contributed by atoms with van der Waals surface area (Å²) in [5.41, 5.74) is 0.394.